The van der Waals surface area contributed by atoms with Crippen molar-refractivity contribution in [3.63, 3.8) is 0 Å². The normalized spacial score (nSPS) is 13.2. The summed E-state index contributed by atoms with van der Waals surface area (Å²) >= 11 is 1.21. The number of rotatable bonds is 3. The van der Waals surface area contributed by atoms with Gasteiger partial charge in [0.25, 0.3) is 5.91 Å². The number of thiophene rings is 1. The van der Waals surface area contributed by atoms with Gasteiger partial charge < -0.3 is 14.8 Å². The zero-order valence-electron chi connectivity index (χ0n) is 11.3. The number of aryl methyl sites for hydroxylation is 1. The Morgan fingerprint density at radius 2 is 2.38 bits per heavy atom. The molecule has 1 aliphatic heterocycles. The summed E-state index contributed by atoms with van der Waals surface area (Å²) in [6.45, 7) is 1.32. The summed E-state index contributed by atoms with van der Waals surface area (Å²) in [4.78, 5) is 24.0. The third-order valence-electron chi connectivity index (χ3n) is 3.03. The maximum Gasteiger partial charge on any atom is 0.348 e. The first-order chi connectivity index (χ1) is 10.2. The molecule has 3 heterocycles. The summed E-state index contributed by atoms with van der Waals surface area (Å²) in [5.74, 6) is -0.249. The highest BCUT2D eigenvalue weighted by atomic mass is 32.1. The lowest BCUT2D eigenvalue weighted by atomic mass is 10.3. The number of anilines is 1. The lowest BCUT2D eigenvalue weighted by molar-refractivity contribution is 0.0606. The van der Waals surface area contributed by atoms with E-state index in [1.165, 1.54) is 24.6 Å². The third kappa shape index (κ3) is 2.62. The number of ether oxygens (including phenoxy) is 2. The van der Waals surface area contributed by atoms with E-state index in [4.69, 9.17) is 4.74 Å². The largest absolute Gasteiger partial charge is 0.477 e. The first-order valence-corrected chi connectivity index (χ1v) is 7.24. The predicted octanol–water partition coefficient (Wildman–Crippen LogP) is 1.77. The van der Waals surface area contributed by atoms with Crippen molar-refractivity contribution < 1.29 is 19.1 Å². The fourth-order valence-corrected chi connectivity index (χ4v) is 2.79. The van der Waals surface area contributed by atoms with Crippen LogP contribution in [0.1, 0.15) is 26.5 Å². The number of carbonyl (C=O) groups is 2. The van der Waals surface area contributed by atoms with Crippen molar-refractivity contribution in [3.05, 3.63) is 28.1 Å². The summed E-state index contributed by atoms with van der Waals surface area (Å²) in [5.41, 5.74) is 0.932. The van der Waals surface area contributed by atoms with Crippen LogP contribution < -0.4 is 10.1 Å². The number of hydrogen-bond donors (Lipinski definition) is 1. The molecule has 0 atom stereocenters. The lowest BCUT2D eigenvalue weighted by Crippen LogP contribution is -2.18. The lowest BCUT2D eigenvalue weighted by Gasteiger charge is -2.15. The van der Waals surface area contributed by atoms with Crippen molar-refractivity contribution in [1.29, 1.82) is 0 Å². The molecule has 2 aromatic heterocycles. The second kappa shape index (κ2) is 5.57. The molecule has 0 saturated heterocycles. The van der Waals surface area contributed by atoms with Crippen molar-refractivity contribution in [1.82, 2.24) is 9.78 Å². The van der Waals surface area contributed by atoms with Crippen molar-refractivity contribution in [2.75, 3.05) is 19.0 Å². The van der Waals surface area contributed by atoms with Gasteiger partial charge >= 0.3 is 5.97 Å². The summed E-state index contributed by atoms with van der Waals surface area (Å²) in [6.07, 6.45) is 2.37. The first-order valence-electron chi connectivity index (χ1n) is 6.36. The Kier molecular flexibility index (Phi) is 3.61. The van der Waals surface area contributed by atoms with E-state index in [1.54, 1.807) is 16.1 Å². The predicted molar refractivity (Wildman–Crippen MR) is 76.0 cm³/mol. The number of hydrogen-bond acceptors (Lipinski definition) is 6. The number of methoxy groups -OCH3 is 1. The van der Waals surface area contributed by atoms with Gasteiger partial charge in [0.05, 0.1) is 25.6 Å². The van der Waals surface area contributed by atoms with E-state index in [1.807, 2.05) is 0 Å². The van der Waals surface area contributed by atoms with Gasteiger partial charge in [0, 0.05) is 18.3 Å². The Morgan fingerprint density at radius 1 is 1.52 bits per heavy atom. The van der Waals surface area contributed by atoms with Crippen molar-refractivity contribution in [3.8, 4) is 5.88 Å². The van der Waals surface area contributed by atoms with E-state index in [-0.39, 0.29) is 5.91 Å². The van der Waals surface area contributed by atoms with E-state index in [9.17, 15) is 9.59 Å². The van der Waals surface area contributed by atoms with Gasteiger partial charge in [-0.25, -0.2) is 9.48 Å². The van der Waals surface area contributed by atoms with E-state index in [2.05, 4.69) is 15.2 Å². The molecule has 0 aliphatic carbocycles. The van der Waals surface area contributed by atoms with Crippen LogP contribution in [0.4, 0.5) is 5.69 Å². The Hall–Kier alpha value is -2.35. The molecule has 21 heavy (non-hydrogen) atoms. The monoisotopic (exact) mass is 307 g/mol. The molecule has 110 valence electrons. The Balaban J connectivity index is 1.76. The standard InChI is InChI=1S/C13H13N3O4S/c1-19-13(18)10-5-8(7-21-10)15-11(17)9-6-14-16-3-2-4-20-12(9)16/h5-7H,2-4H2,1H3,(H,15,17). The summed E-state index contributed by atoms with van der Waals surface area (Å²) in [5, 5.41) is 8.53. The first kappa shape index (κ1) is 13.6. The maximum absolute atomic E-state index is 12.2. The van der Waals surface area contributed by atoms with Crippen LogP contribution in [-0.2, 0) is 11.3 Å². The van der Waals surface area contributed by atoms with Gasteiger partial charge in [0.15, 0.2) is 0 Å². The molecular weight excluding hydrogens is 294 g/mol. The molecule has 1 amide bonds. The van der Waals surface area contributed by atoms with Crippen LogP contribution in [0.2, 0.25) is 0 Å². The van der Waals surface area contributed by atoms with Gasteiger partial charge in [-0.15, -0.1) is 11.3 Å². The van der Waals surface area contributed by atoms with E-state index in [0.29, 0.717) is 28.6 Å². The summed E-state index contributed by atoms with van der Waals surface area (Å²) < 4.78 is 11.8. The molecule has 0 unspecified atom stereocenters. The van der Waals surface area contributed by atoms with Gasteiger partial charge in [-0.05, 0) is 6.07 Å². The average molecular weight is 307 g/mol. The minimum Gasteiger partial charge on any atom is -0.477 e. The van der Waals surface area contributed by atoms with Gasteiger partial charge in [0.1, 0.15) is 10.4 Å². The SMILES string of the molecule is COC(=O)c1cc(NC(=O)c2cnn3c2OCCC3)cs1. The molecule has 7 nitrogen and oxygen atoms in total. The highest BCUT2D eigenvalue weighted by molar-refractivity contribution is 7.12. The van der Waals surface area contributed by atoms with Gasteiger partial charge in [-0.3, -0.25) is 4.79 Å². The number of carbonyl (C=O) groups excluding carboxylic acids is 2. The molecule has 0 spiro atoms. The van der Waals surface area contributed by atoms with Crippen LogP contribution in [0.15, 0.2) is 17.6 Å². The van der Waals surface area contributed by atoms with E-state index < -0.39 is 5.97 Å². The van der Waals surface area contributed by atoms with Crippen molar-refractivity contribution in [2.45, 2.75) is 13.0 Å². The zero-order valence-corrected chi connectivity index (χ0v) is 12.1. The van der Waals surface area contributed by atoms with Crippen LogP contribution in [0.5, 0.6) is 5.88 Å². The number of esters is 1. The molecule has 0 bridgehead atoms. The van der Waals surface area contributed by atoms with Crippen LogP contribution in [-0.4, -0.2) is 35.4 Å². The minimum absolute atomic E-state index is 0.313. The van der Waals surface area contributed by atoms with Crippen LogP contribution in [0.25, 0.3) is 0 Å². The fourth-order valence-electron chi connectivity index (χ4n) is 2.03. The zero-order chi connectivity index (χ0) is 14.8. The average Bonchev–Trinajstić information content (AvgIpc) is 3.12. The molecule has 0 fully saturated rings. The molecular formula is C13H13N3O4S. The molecule has 0 aromatic carbocycles. The Morgan fingerprint density at radius 3 is 3.19 bits per heavy atom. The molecule has 8 heteroatoms. The second-order valence-electron chi connectivity index (χ2n) is 4.43. The van der Waals surface area contributed by atoms with Gasteiger partial charge in [-0.1, -0.05) is 0 Å². The number of aromatic nitrogens is 2. The highest BCUT2D eigenvalue weighted by Gasteiger charge is 2.22. The highest BCUT2D eigenvalue weighted by Crippen LogP contribution is 2.25. The Bertz CT molecular complexity index is 691. The number of fused-ring (bicyclic) bond motifs is 1. The Labute approximate surface area is 124 Å². The second-order valence-corrected chi connectivity index (χ2v) is 5.35. The molecule has 2 aromatic rings. The molecule has 1 aliphatic rings. The van der Waals surface area contributed by atoms with Crippen LogP contribution >= 0.6 is 11.3 Å². The van der Waals surface area contributed by atoms with Gasteiger partial charge in [0.2, 0.25) is 5.88 Å². The number of nitrogens with one attached hydrogen (secondary N) is 1. The molecule has 0 saturated carbocycles. The smallest absolute Gasteiger partial charge is 0.348 e. The molecule has 0 radical (unpaired) electrons. The van der Waals surface area contributed by atoms with Crippen LogP contribution in [0, 0.1) is 0 Å². The van der Waals surface area contributed by atoms with Gasteiger partial charge in [-0.2, -0.15) is 5.10 Å². The van der Waals surface area contributed by atoms with Crippen LogP contribution in [0.3, 0.4) is 0 Å². The summed E-state index contributed by atoms with van der Waals surface area (Å²) in [6, 6.07) is 1.57. The maximum atomic E-state index is 12.2. The van der Waals surface area contributed by atoms with Crippen molar-refractivity contribution in [2.24, 2.45) is 0 Å². The minimum atomic E-state index is -0.424. The summed E-state index contributed by atoms with van der Waals surface area (Å²) in [7, 11) is 1.32. The third-order valence-corrected chi connectivity index (χ3v) is 3.94. The van der Waals surface area contributed by atoms with E-state index >= 15 is 0 Å². The van der Waals surface area contributed by atoms with E-state index in [0.717, 1.165) is 13.0 Å². The topological polar surface area (TPSA) is 82.5 Å². The van der Waals surface area contributed by atoms with Crippen molar-refractivity contribution >= 4 is 28.9 Å². The number of nitrogens with zero attached hydrogens (tertiary/aromatic N) is 2. The molecule has 1 N–H and O–H groups in total. The molecule has 3 rings (SSSR count). The number of amides is 1. The fraction of sp³-hybridized carbons (Fsp3) is 0.308. The quantitative estimate of drug-likeness (QED) is 0.874.